The Morgan fingerprint density at radius 2 is 1.86 bits per heavy atom. The standard InChI is InChI=1S/C15H25NO5/c17-13(18)12-2-5-14(19,6-3-12)10-16-7-1-4-15(11-16)20-8-9-21-15/h12,19H,1-11H2,(H,17,18). The molecule has 0 unspecified atom stereocenters. The van der Waals surface area contributed by atoms with Gasteiger partial charge in [0.25, 0.3) is 0 Å². The molecule has 2 aliphatic heterocycles. The van der Waals surface area contributed by atoms with Crippen molar-refractivity contribution in [3.8, 4) is 0 Å². The summed E-state index contributed by atoms with van der Waals surface area (Å²) in [6.07, 6.45) is 4.19. The summed E-state index contributed by atoms with van der Waals surface area (Å²) >= 11 is 0. The van der Waals surface area contributed by atoms with Crippen LogP contribution in [0.5, 0.6) is 0 Å². The van der Waals surface area contributed by atoms with Gasteiger partial charge in [0, 0.05) is 13.0 Å². The van der Waals surface area contributed by atoms with Gasteiger partial charge in [-0.1, -0.05) is 0 Å². The van der Waals surface area contributed by atoms with Gasteiger partial charge in [-0.25, -0.2) is 0 Å². The maximum Gasteiger partial charge on any atom is 0.306 e. The Morgan fingerprint density at radius 3 is 2.48 bits per heavy atom. The van der Waals surface area contributed by atoms with Crippen LogP contribution in [0.4, 0.5) is 0 Å². The van der Waals surface area contributed by atoms with Crippen LogP contribution in [0.15, 0.2) is 0 Å². The first-order chi connectivity index (χ1) is 10.0. The number of carboxylic acid groups (broad SMARTS) is 1. The predicted octanol–water partition coefficient (Wildman–Crippen LogP) is 0.831. The highest BCUT2D eigenvalue weighted by atomic mass is 16.7. The summed E-state index contributed by atoms with van der Waals surface area (Å²) < 4.78 is 11.5. The molecule has 120 valence electrons. The maximum atomic E-state index is 11.0. The molecule has 2 saturated heterocycles. The molecule has 2 heterocycles. The summed E-state index contributed by atoms with van der Waals surface area (Å²) in [6, 6.07) is 0. The second-order valence-corrected chi connectivity index (χ2v) is 6.76. The Hall–Kier alpha value is -0.690. The number of likely N-dealkylation sites (tertiary alicyclic amines) is 1. The van der Waals surface area contributed by atoms with Gasteiger partial charge in [0.1, 0.15) is 0 Å². The number of piperidine rings is 1. The van der Waals surface area contributed by atoms with Crippen LogP contribution in [0.25, 0.3) is 0 Å². The van der Waals surface area contributed by atoms with Crippen LogP contribution >= 0.6 is 0 Å². The molecule has 6 heteroatoms. The molecule has 2 N–H and O–H groups in total. The number of aliphatic carboxylic acids is 1. The smallest absolute Gasteiger partial charge is 0.306 e. The zero-order valence-electron chi connectivity index (χ0n) is 12.4. The molecule has 1 saturated carbocycles. The summed E-state index contributed by atoms with van der Waals surface area (Å²) in [6.45, 7) is 3.54. The van der Waals surface area contributed by atoms with Gasteiger partial charge in [0.15, 0.2) is 5.79 Å². The number of β-amino-alcohol motifs (C(OH)–C–C–N with tert-alkyl or cyclic N) is 1. The third-order valence-corrected chi connectivity index (χ3v) is 5.09. The predicted molar refractivity (Wildman–Crippen MR) is 74.9 cm³/mol. The summed E-state index contributed by atoms with van der Waals surface area (Å²) in [5, 5.41) is 19.8. The summed E-state index contributed by atoms with van der Waals surface area (Å²) in [5.41, 5.74) is -0.761. The summed E-state index contributed by atoms with van der Waals surface area (Å²) in [5.74, 6) is -1.49. The van der Waals surface area contributed by atoms with E-state index in [1.807, 2.05) is 0 Å². The molecule has 0 bridgehead atoms. The molecule has 1 aliphatic carbocycles. The lowest BCUT2D eigenvalue weighted by atomic mass is 9.78. The molecule has 3 fully saturated rings. The first-order valence-corrected chi connectivity index (χ1v) is 7.96. The third-order valence-electron chi connectivity index (χ3n) is 5.09. The van der Waals surface area contributed by atoms with Gasteiger partial charge in [0.05, 0.1) is 31.3 Å². The second kappa shape index (κ2) is 5.83. The van der Waals surface area contributed by atoms with Crippen molar-refractivity contribution in [2.75, 3.05) is 32.8 Å². The van der Waals surface area contributed by atoms with E-state index in [-0.39, 0.29) is 5.92 Å². The zero-order chi connectivity index (χ0) is 14.9. The number of rotatable bonds is 3. The van der Waals surface area contributed by atoms with Gasteiger partial charge >= 0.3 is 5.97 Å². The minimum Gasteiger partial charge on any atom is -0.481 e. The van der Waals surface area contributed by atoms with Crippen LogP contribution in [0.2, 0.25) is 0 Å². The third kappa shape index (κ3) is 3.39. The summed E-state index contributed by atoms with van der Waals surface area (Å²) in [4.78, 5) is 13.2. The Morgan fingerprint density at radius 1 is 1.19 bits per heavy atom. The minimum absolute atomic E-state index is 0.292. The van der Waals surface area contributed by atoms with Crippen molar-refractivity contribution in [3.63, 3.8) is 0 Å². The van der Waals surface area contributed by atoms with Gasteiger partial charge in [-0.2, -0.15) is 0 Å². The summed E-state index contributed by atoms with van der Waals surface area (Å²) in [7, 11) is 0. The molecule has 21 heavy (non-hydrogen) atoms. The highest BCUT2D eigenvalue weighted by molar-refractivity contribution is 5.70. The number of carboxylic acids is 1. The molecule has 0 aromatic carbocycles. The van der Waals surface area contributed by atoms with E-state index < -0.39 is 17.4 Å². The van der Waals surface area contributed by atoms with E-state index in [0.29, 0.717) is 52.0 Å². The minimum atomic E-state index is -0.761. The van der Waals surface area contributed by atoms with Crippen molar-refractivity contribution in [2.45, 2.75) is 49.9 Å². The van der Waals surface area contributed by atoms with Gasteiger partial charge in [-0.15, -0.1) is 0 Å². The fraction of sp³-hybridized carbons (Fsp3) is 0.933. The van der Waals surface area contributed by atoms with E-state index in [2.05, 4.69) is 4.90 Å². The normalized spacial score (nSPS) is 36.9. The molecule has 1 spiro atoms. The van der Waals surface area contributed by atoms with Crippen LogP contribution in [-0.4, -0.2) is 65.3 Å². The Bertz CT molecular complexity index is 386. The number of nitrogens with zero attached hydrogens (tertiary/aromatic N) is 1. The number of ether oxygens (including phenoxy) is 2. The lowest BCUT2D eigenvalue weighted by molar-refractivity contribution is -0.195. The number of hydrogen-bond acceptors (Lipinski definition) is 5. The topological polar surface area (TPSA) is 79.2 Å². The molecule has 3 aliphatic rings. The fourth-order valence-electron chi connectivity index (χ4n) is 3.91. The number of hydrogen-bond donors (Lipinski definition) is 2. The molecule has 6 nitrogen and oxygen atoms in total. The SMILES string of the molecule is O=C(O)C1CCC(O)(CN2CCCC3(C2)OCCO3)CC1. The fourth-order valence-corrected chi connectivity index (χ4v) is 3.91. The Balaban J connectivity index is 1.55. The first kappa shape index (κ1) is 15.2. The van der Waals surface area contributed by atoms with Gasteiger partial charge < -0.3 is 19.7 Å². The molecule has 0 aromatic rings. The van der Waals surface area contributed by atoms with E-state index in [0.717, 1.165) is 19.4 Å². The van der Waals surface area contributed by atoms with Crippen molar-refractivity contribution in [3.05, 3.63) is 0 Å². The second-order valence-electron chi connectivity index (χ2n) is 6.76. The number of aliphatic hydroxyl groups is 1. The van der Waals surface area contributed by atoms with Crippen LogP contribution in [0, 0.1) is 5.92 Å². The van der Waals surface area contributed by atoms with Crippen molar-refractivity contribution >= 4 is 5.97 Å². The van der Waals surface area contributed by atoms with Crippen LogP contribution in [-0.2, 0) is 14.3 Å². The van der Waals surface area contributed by atoms with E-state index in [1.165, 1.54) is 0 Å². The van der Waals surface area contributed by atoms with Crippen LogP contribution < -0.4 is 0 Å². The quantitative estimate of drug-likeness (QED) is 0.803. The molecular formula is C15H25NO5. The van der Waals surface area contributed by atoms with Crippen molar-refractivity contribution < 1.29 is 24.5 Å². The zero-order valence-corrected chi connectivity index (χ0v) is 12.4. The maximum absolute atomic E-state index is 11.0. The Labute approximate surface area is 125 Å². The lowest BCUT2D eigenvalue weighted by Crippen LogP contribution is -2.54. The van der Waals surface area contributed by atoms with E-state index >= 15 is 0 Å². The first-order valence-electron chi connectivity index (χ1n) is 7.96. The van der Waals surface area contributed by atoms with E-state index in [4.69, 9.17) is 14.6 Å². The van der Waals surface area contributed by atoms with Crippen LogP contribution in [0.3, 0.4) is 0 Å². The average molecular weight is 299 g/mol. The van der Waals surface area contributed by atoms with Gasteiger partial charge in [-0.05, 0) is 38.6 Å². The Kier molecular flexibility index (Phi) is 4.23. The van der Waals surface area contributed by atoms with Crippen LogP contribution in [0.1, 0.15) is 38.5 Å². The van der Waals surface area contributed by atoms with E-state index in [9.17, 15) is 9.90 Å². The molecule has 0 atom stereocenters. The molecule has 3 rings (SSSR count). The van der Waals surface area contributed by atoms with E-state index in [1.54, 1.807) is 0 Å². The number of carbonyl (C=O) groups is 1. The van der Waals surface area contributed by atoms with Gasteiger partial charge in [0.2, 0.25) is 0 Å². The molecule has 0 radical (unpaired) electrons. The van der Waals surface area contributed by atoms with Crippen molar-refractivity contribution in [1.82, 2.24) is 4.90 Å². The highest BCUT2D eigenvalue weighted by Crippen LogP contribution is 2.35. The molecule has 0 amide bonds. The van der Waals surface area contributed by atoms with Gasteiger partial charge in [-0.3, -0.25) is 9.69 Å². The molecular weight excluding hydrogens is 274 g/mol. The average Bonchev–Trinajstić information content (AvgIpc) is 2.86. The monoisotopic (exact) mass is 299 g/mol. The van der Waals surface area contributed by atoms with Crippen molar-refractivity contribution in [2.24, 2.45) is 5.92 Å². The van der Waals surface area contributed by atoms with Crippen molar-refractivity contribution in [1.29, 1.82) is 0 Å². The highest BCUT2D eigenvalue weighted by Gasteiger charge is 2.43. The largest absolute Gasteiger partial charge is 0.481 e. The lowest BCUT2D eigenvalue weighted by Gasteiger charge is -2.43. The molecule has 0 aromatic heterocycles.